The van der Waals surface area contributed by atoms with E-state index in [9.17, 15) is 19.2 Å². The van der Waals surface area contributed by atoms with Crippen LogP contribution in [0.1, 0.15) is 91.4 Å². The second kappa shape index (κ2) is 9.20. The van der Waals surface area contributed by atoms with Gasteiger partial charge in [0.05, 0.1) is 16.7 Å². The molecule has 2 aliphatic rings. The highest BCUT2D eigenvalue weighted by atomic mass is 16.5. The quantitative estimate of drug-likeness (QED) is 0.510. The number of imide groups is 1. The van der Waals surface area contributed by atoms with E-state index >= 15 is 0 Å². The van der Waals surface area contributed by atoms with Crippen molar-refractivity contribution in [3.8, 4) is 0 Å². The molecule has 0 aliphatic carbocycles. The van der Waals surface area contributed by atoms with Gasteiger partial charge in [0.15, 0.2) is 6.10 Å². The van der Waals surface area contributed by atoms with E-state index < -0.39 is 18.0 Å². The minimum absolute atomic E-state index is 0.109. The minimum Gasteiger partial charge on any atom is -0.449 e. The maximum atomic E-state index is 12.9. The van der Waals surface area contributed by atoms with E-state index in [1.807, 2.05) is 27.7 Å². The fourth-order valence-electron chi connectivity index (χ4n) is 4.35. The Morgan fingerprint density at radius 3 is 2.26 bits per heavy atom. The van der Waals surface area contributed by atoms with Crippen LogP contribution in [0.25, 0.3) is 0 Å². The Balaban J connectivity index is 1.71. The summed E-state index contributed by atoms with van der Waals surface area (Å²) in [5.41, 5.74) is 0.663. The number of carbonyl (C=O) groups excluding carboxylic acids is 4. The van der Waals surface area contributed by atoms with Gasteiger partial charge in [0, 0.05) is 18.6 Å². The molecule has 0 spiro atoms. The van der Waals surface area contributed by atoms with Gasteiger partial charge in [-0.2, -0.15) is 0 Å². The predicted molar refractivity (Wildman–Crippen MR) is 116 cm³/mol. The highest BCUT2D eigenvalue weighted by Gasteiger charge is 2.37. The number of carbonyl (C=O) groups is 4. The molecular weight excluding hydrogens is 396 g/mol. The second-order valence-electron chi connectivity index (χ2n) is 9.13. The zero-order chi connectivity index (χ0) is 22.9. The van der Waals surface area contributed by atoms with Crippen molar-refractivity contribution in [1.82, 2.24) is 9.80 Å². The van der Waals surface area contributed by atoms with Gasteiger partial charge in [0.1, 0.15) is 0 Å². The average molecular weight is 429 g/mol. The third kappa shape index (κ3) is 4.65. The first-order chi connectivity index (χ1) is 14.6. The Bertz CT molecular complexity index is 884. The van der Waals surface area contributed by atoms with Gasteiger partial charge in [-0.1, -0.05) is 13.8 Å². The van der Waals surface area contributed by atoms with Crippen molar-refractivity contribution in [3.05, 3.63) is 34.9 Å². The number of esters is 1. The molecule has 1 fully saturated rings. The molecule has 7 nitrogen and oxygen atoms in total. The summed E-state index contributed by atoms with van der Waals surface area (Å²) in [4.78, 5) is 53.8. The van der Waals surface area contributed by atoms with Gasteiger partial charge in [-0.15, -0.1) is 0 Å². The van der Waals surface area contributed by atoms with Crippen molar-refractivity contribution < 1.29 is 23.9 Å². The number of benzene rings is 1. The molecule has 1 saturated heterocycles. The topological polar surface area (TPSA) is 84.0 Å². The van der Waals surface area contributed by atoms with E-state index in [1.54, 1.807) is 11.8 Å². The number of ether oxygens (including phenoxy) is 1. The summed E-state index contributed by atoms with van der Waals surface area (Å²) in [5, 5.41) is 0. The van der Waals surface area contributed by atoms with Crippen LogP contribution in [0.2, 0.25) is 0 Å². The van der Waals surface area contributed by atoms with Crippen LogP contribution in [-0.4, -0.2) is 58.2 Å². The summed E-state index contributed by atoms with van der Waals surface area (Å²) in [6.45, 7) is 10.00. The molecule has 0 saturated carbocycles. The Morgan fingerprint density at radius 1 is 1.03 bits per heavy atom. The highest BCUT2D eigenvalue weighted by molar-refractivity contribution is 6.22. The number of likely N-dealkylation sites (tertiary alicyclic amines) is 1. The molecule has 0 radical (unpaired) electrons. The molecule has 168 valence electrons. The fraction of sp³-hybridized carbons (Fsp3) is 0.583. The molecule has 0 N–H and O–H groups in total. The maximum absolute atomic E-state index is 12.9. The van der Waals surface area contributed by atoms with Crippen LogP contribution in [0.15, 0.2) is 18.2 Å². The Labute approximate surface area is 183 Å². The molecule has 7 heteroatoms. The van der Waals surface area contributed by atoms with Crippen molar-refractivity contribution in [2.45, 2.75) is 78.5 Å². The molecule has 1 aromatic rings. The number of hydrogen-bond donors (Lipinski definition) is 0. The van der Waals surface area contributed by atoms with Crippen LogP contribution in [-0.2, 0) is 9.53 Å². The lowest BCUT2D eigenvalue weighted by molar-refractivity contribution is -0.146. The van der Waals surface area contributed by atoms with Crippen molar-refractivity contribution in [1.29, 1.82) is 0 Å². The summed E-state index contributed by atoms with van der Waals surface area (Å²) in [6.07, 6.45) is 2.74. The average Bonchev–Trinajstić information content (AvgIpc) is 2.95. The van der Waals surface area contributed by atoms with Gasteiger partial charge in [-0.3, -0.25) is 19.3 Å². The van der Waals surface area contributed by atoms with E-state index in [-0.39, 0.29) is 35.0 Å². The molecule has 3 rings (SSSR count). The predicted octanol–water partition coefficient (Wildman–Crippen LogP) is 3.66. The van der Waals surface area contributed by atoms with E-state index in [0.717, 1.165) is 19.3 Å². The number of nitrogens with zero attached hydrogens (tertiary/aromatic N) is 2. The summed E-state index contributed by atoms with van der Waals surface area (Å²) < 4.78 is 5.44. The molecule has 3 atom stereocenters. The first-order valence-corrected chi connectivity index (χ1v) is 11.1. The van der Waals surface area contributed by atoms with Crippen LogP contribution in [0.4, 0.5) is 0 Å². The number of rotatable bonds is 6. The lowest BCUT2D eigenvalue weighted by atomic mass is 9.97. The molecule has 0 bridgehead atoms. The van der Waals surface area contributed by atoms with E-state index in [4.69, 9.17) is 4.74 Å². The molecule has 2 heterocycles. The zero-order valence-electron chi connectivity index (χ0n) is 19.0. The fourth-order valence-corrected chi connectivity index (χ4v) is 4.35. The molecule has 1 aromatic carbocycles. The highest BCUT2D eigenvalue weighted by Crippen LogP contribution is 2.26. The third-order valence-corrected chi connectivity index (χ3v) is 6.22. The molecule has 31 heavy (non-hydrogen) atoms. The Kier molecular flexibility index (Phi) is 6.82. The third-order valence-electron chi connectivity index (χ3n) is 6.22. The minimum atomic E-state index is -0.927. The molecule has 2 aliphatic heterocycles. The summed E-state index contributed by atoms with van der Waals surface area (Å²) in [6, 6.07) is 4.58. The lowest BCUT2D eigenvalue weighted by Gasteiger charge is -2.40. The van der Waals surface area contributed by atoms with Gasteiger partial charge in [0.25, 0.3) is 17.7 Å². The first-order valence-electron chi connectivity index (χ1n) is 11.1. The van der Waals surface area contributed by atoms with E-state index in [1.165, 1.54) is 23.1 Å². The molecule has 3 amide bonds. The van der Waals surface area contributed by atoms with Crippen molar-refractivity contribution in [3.63, 3.8) is 0 Å². The monoisotopic (exact) mass is 428 g/mol. The largest absolute Gasteiger partial charge is 0.449 e. The summed E-state index contributed by atoms with van der Waals surface area (Å²) >= 11 is 0. The molecule has 0 aromatic heterocycles. The van der Waals surface area contributed by atoms with Crippen molar-refractivity contribution in [2.75, 3.05) is 6.54 Å². The maximum Gasteiger partial charge on any atom is 0.338 e. The van der Waals surface area contributed by atoms with Gasteiger partial charge in [-0.05, 0) is 70.6 Å². The van der Waals surface area contributed by atoms with Crippen LogP contribution in [0, 0.1) is 5.92 Å². The smallest absolute Gasteiger partial charge is 0.338 e. The van der Waals surface area contributed by atoms with Crippen molar-refractivity contribution in [2.24, 2.45) is 5.92 Å². The van der Waals surface area contributed by atoms with Gasteiger partial charge < -0.3 is 9.64 Å². The van der Waals surface area contributed by atoms with Crippen LogP contribution < -0.4 is 0 Å². The summed E-state index contributed by atoms with van der Waals surface area (Å²) in [7, 11) is 0. The van der Waals surface area contributed by atoms with Gasteiger partial charge in [0.2, 0.25) is 0 Å². The summed E-state index contributed by atoms with van der Waals surface area (Å²) in [5.74, 6) is -1.26. The van der Waals surface area contributed by atoms with Crippen LogP contribution in [0.3, 0.4) is 0 Å². The van der Waals surface area contributed by atoms with Gasteiger partial charge >= 0.3 is 5.97 Å². The number of amides is 3. The normalized spacial score (nSPS) is 22.0. The molecule has 0 unspecified atom stereocenters. The first kappa shape index (κ1) is 23.0. The number of hydrogen-bond acceptors (Lipinski definition) is 5. The second-order valence-corrected chi connectivity index (χ2v) is 9.13. The Morgan fingerprint density at radius 2 is 1.65 bits per heavy atom. The SMILES string of the molecule is CC(C)CCN1C(=O)c2ccc(C(=O)O[C@H](C)C(=O)N3[C@@H](C)CCC[C@@H]3C)cc2C1=O. The van der Waals surface area contributed by atoms with Crippen LogP contribution >= 0.6 is 0 Å². The van der Waals surface area contributed by atoms with E-state index in [2.05, 4.69) is 0 Å². The lowest BCUT2D eigenvalue weighted by Crippen LogP contribution is -2.51. The number of piperidine rings is 1. The Hall–Kier alpha value is -2.70. The van der Waals surface area contributed by atoms with E-state index in [0.29, 0.717) is 24.4 Å². The standard InChI is InChI=1S/C24H32N2O5/c1-14(2)11-12-25-22(28)19-10-9-18(13-20(19)23(25)29)24(30)31-17(5)21(27)26-15(3)7-6-8-16(26)4/h9-10,13-17H,6-8,11-12H2,1-5H3/t15-,16-,17+/m0/s1. The molecular formula is C24H32N2O5. The van der Waals surface area contributed by atoms with Gasteiger partial charge in [-0.25, -0.2) is 4.79 Å². The van der Waals surface area contributed by atoms with Crippen molar-refractivity contribution >= 4 is 23.7 Å². The zero-order valence-corrected chi connectivity index (χ0v) is 19.0. The van der Waals surface area contributed by atoms with Crippen LogP contribution in [0.5, 0.6) is 0 Å². The number of fused-ring (bicyclic) bond motifs is 1.